The second-order valence-electron chi connectivity index (χ2n) is 4.51. The molecule has 0 saturated heterocycles. The number of halogens is 4. The Morgan fingerprint density at radius 1 is 1.24 bits per heavy atom. The topological polar surface area (TPSA) is 42.3 Å². The minimum absolute atomic E-state index is 0.189. The molecule has 1 N–H and O–H groups in total. The van der Waals surface area contributed by atoms with Crippen molar-refractivity contribution in [2.45, 2.75) is 19.8 Å². The summed E-state index contributed by atoms with van der Waals surface area (Å²) in [6.45, 7) is 3.15. The van der Waals surface area contributed by atoms with Crippen molar-refractivity contribution in [3.8, 4) is 5.75 Å². The average molecular weight is 306 g/mol. The highest BCUT2D eigenvalue weighted by Crippen LogP contribution is 2.30. The van der Waals surface area contributed by atoms with Gasteiger partial charge in [0.25, 0.3) is 0 Å². The van der Waals surface area contributed by atoms with E-state index in [1.54, 1.807) is 0 Å². The lowest BCUT2D eigenvalue weighted by molar-refractivity contribution is 0.293. The minimum atomic E-state index is -6.00. The van der Waals surface area contributed by atoms with Crippen LogP contribution in [-0.4, -0.2) is 26.4 Å². The summed E-state index contributed by atoms with van der Waals surface area (Å²) in [5, 5.41) is 7.77. The zero-order valence-electron chi connectivity index (χ0n) is 11.6. The molecule has 1 aromatic rings. The summed E-state index contributed by atoms with van der Waals surface area (Å²) in [5.74, 6) is 1.66. The Balaban J connectivity index is 0.000000383. The van der Waals surface area contributed by atoms with Gasteiger partial charge in [-0.25, -0.2) is 0 Å². The predicted octanol–water partition coefficient (Wildman–Crippen LogP) is 4.14. The van der Waals surface area contributed by atoms with Crippen LogP contribution in [0.15, 0.2) is 24.3 Å². The fourth-order valence-corrected chi connectivity index (χ4v) is 1.49. The van der Waals surface area contributed by atoms with E-state index in [1.807, 2.05) is 31.2 Å². The molecule has 1 aliphatic rings. The predicted molar refractivity (Wildman–Crippen MR) is 73.3 cm³/mol. The van der Waals surface area contributed by atoms with Gasteiger partial charge in [-0.15, -0.1) is 0 Å². The van der Waals surface area contributed by atoms with Crippen LogP contribution in [0.25, 0.3) is 0 Å². The van der Waals surface area contributed by atoms with E-state index >= 15 is 0 Å². The van der Waals surface area contributed by atoms with Crippen LogP contribution in [0.1, 0.15) is 25.3 Å². The van der Waals surface area contributed by atoms with Gasteiger partial charge in [0.1, 0.15) is 5.75 Å². The standard InChI is InChI=1S/C13H17NO2.BF4/c1-2-15-13(14)11-5-3-4-6-12(11)16-9-10-7-8-10;2-1(3,4)5/h3-6,10,14H,2,7-9H2,1H3;/q;-1. The molecule has 0 unspecified atom stereocenters. The smallest absolute Gasteiger partial charge is 0.492 e. The Kier molecular flexibility index (Phi) is 6.52. The summed E-state index contributed by atoms with van der Waals surface area (Å²) >= 11 is 0. The molecule has 0 aromatic heterocycles. The van der Waals surface area contributed by atoms with Gasteiger partial charge in [-0.1, -0.05) is 12.1 Å². The van der Waals surface area contributed by atoms with Crippen molar-refractivity contribution in [3.63, 3.8) is 0 Å². The third-order valence-corrected chi connectivity index (χ3v) is 2.59. The average Bonchev–Trinajstić information content (AvgIpc) is 3.19. The van der Waals surface area contributed by atoms with Gasteiger partial charge in [-0.05, 0) is 37.8 Å². The van der Waals surface area contributed by atoms with Crippen molar-refractivity contribution in [2.24, 2.45) is 5.92 Å². The highest BCUT2D eigenvalue weighted by atomic mass is 19.5. The molecule has 21 heavy (non-hydrogen) atoms. The first-order valence-electron chi connectivity index (χ1n) is 6.62. The van der Waals surface area contributed by atoms with E-state index in [9.17, 15) is 17.3 Å². The number of benzene rings is 1. The number of ether oxygens (including phenoxy) is 2. The summed E-state index contributed by atoms with van der Waals surface area (Å²) in [6, 6.07) is 7.57. The number of hydrogen-bond donors (Lipinski definition) is 1. The number of hydrogen-bond acceptors (Lipinski definition) is 3. The highest BCUT2D eigenvalue weighted by Gasteiger charge is 2.22. The van der Waals surface area contributed by atoms with E-state index in [0.29, 0.717) is 12.5 Å². The molecule has 1 aliphatic carbocycles. The summed E-state index contributed by atoms with van der Waals surface area (Å²) < 4.78 is 49.9. The first kappa shape index (κ1) is 17.3. The molecule has 1 saturated carbocycles. The molecular weight excluding hydrogens is 289 g/mol. The molecule has 1 fully saturated rings. The lowest BCUT2D eigenvalue weighted by Gasteiger charge is -2.11. The first-order valence-corrected chi connectivity index (χ1v) is 6.62. The Labute approximate surface area is 120 Å². The van der Waals surface area contributed by atoms with Crippen molar-refractivity contribution < 1.29 is 26.7 Å². The van der Waals surface area contributed by atoms with Gasteiger partial charge in [-0.3, -0.25) is 5.41 Å². The van der Waals surface area contributed by atoms with Crippen LogP contribution in [-0.2, 0) is 4.74 Å². The van der Waals surface area contributed by atoms with Crippen LogP contribution in [0, 0.1) is 11.3 Å². The number of rotatable bonds is 5. The van der Waals surface area contributed by atoms with Gasteiger partial charge in [-0.2, -0.15) is 0 Å². The normalized spacial score (nSPS) is 14.0. The highest BCUT2D eigenvalue weighted by molar-refractivity contribution is 6.50. The van der Waals surface area contributed by atoms with Crippen LogP contribution >= 0.6 is 0 Å². The quantitative estimate of drug-likeness (QED) is 0.384. The molecule has 0 bridgehead atoms. The summed E-state index contributed by atoms with van der Waals surface area (Å²) in [7, 11) is -6.00. The van der Waals surface area contributed by atoms with E-state index in [2.05, 4.69) is 0 Å². The van der Waals surface area contributed by atoms with Gasteiger partial charge in [0.05, 0.1) is 18.8 Å². The van der Waals surface area contributed by atoms with Gasteiger partial charge in [0.2, 0.25) is 5.90 Å². The van der Waals surface area contributed by atoms with Crippen LogP contribution < -0.4 is 4.74 Å². The summed E-state index contributed by atoms with van der Waals surface area (Å²) in [4.78, 5) is 0. The molecule has 0 heterocycles. The van der Waals surface area contributed by atoms with Crippen LogP contribution in [0.2, 0.25) is 0 Å². The fraction of sp³-hybridized carbons (Fsp3) is 0.462. The third kappa shape index (κ3) is 8.21. The summed E-state index contributed by atoms with van der Waals surface area (Å²) in [5.41, 5.74) is 0.741. The Morgan fingerprint density at radius 2 is 1.81 bits per heavy atom. The Bertz CT molecular complexity index is 458. The van der Waals surface area contributed by atoms with Crippen LogP contribution in [0.4, 0.5) is 17.3 Å². The van der Waals surface area contributed by atoms with Crippen molar-refractivity contribution in [2.75, 3.05) is 13.2 Å². The molecule has 0 amide bonds. The molecule has 1 aromatic carbocycles. The molecule has 2 rings (SSSR count). The van der Waals surface area contributed by atoms with Gasteiger partial charge in [0.15, 0.2) is 0 Å². The monoisotopic (exact) mass is 306 g/mol. The largest absolute Gasteiger partial charge is 0.673 e. The Morgan fingerprint density at radius 3 is 2.33 bits per heavy atom. The SMILES string of the molecule is CCOC(=N)c1ccccc1OCC1CC1.F[B-](F)(F)F. The third-order valence-electron chi connectivity index (χ3n) is 2.59. The molecular formula is C13H17BF4NO2-. The second-order valence-corrected chi connectivity index (χ2v) is 4.51. The van der Waals surface area contributed by atoms with Gasteiger partial charge >= 0.3 is 7.25 Å². The lowest BCUT2D eigenvalue weighted by Crippen LogP contribution is -2.09. The zero-order valence-corrected chi connectivity index (χ0v) is 11.6. The Hall–Kier alpha value is -1.73. The second kappa shape index (κ2) is 7.90. The van der Waals surface area contributed by atoms with E-state index in [0.717, 1.165) is 17.9 Å². The van der Waals surface area contributed by atoms with Crippen molar-refractivity contribution in [1.29, 1.82) is 5.41 Å². The molecule has 0 spiro atoms. The number of nitrogens with one attached hydrogen (secondary N) is 1. The van der Waals surface area contributed by atoms with Crippen molar-refractivity contribution >= 4 is 13.2 Å². The molecule has 3 nitrogen and oxygen atoms in total. The fourth-order valence-electron chi connectivity index (χ4n) is 1.49. The van der Waals surface area contributed by atoms with Crippen molar-refractivity contribution in [3.05, 3.63) is 29.8 Å². The molecule has 118 valence electrons. The van der Waals surface area contributed by atoms with Crippen LogP contribution in [0.5, 0.6) is 5.75 Å². The molecule has 0 aliphatic heterocycles. The zero-order chi connectivity index (χ0) is 15.9. The first-order chi connectivity index (χ1) is 9.81. The van der Waals surface area contributed by atoms with Gasteiger partial charge < -0.3 is 26.7 Å². The maximum absolute atomic E-state index is 9.75. The maximum Gasteiger partial charge on any atom is 0.673 e. The summed E-state index contributed by atoms with van der Waals surface area (Å²) in [6.07, 6.45) is 2.54. The molecule has 0 radical (unpaired) electrons. The van der Waals surface area contributed by atoms with E-state index in [1.165, 1.54) is 12.8 Å². The van der Waals surface area contributed by atoms with Crippen LogP contribution in [0.3, 0.4) is 0 Å². The molecule has 0 atom stereocenters. The number of para-hydroxylation sites is 1. The van der Waals surface area contributed by atoms with Gasteiger partial charge in [0, 0.05) is 0 Å². The van der Waals surface area contributed by atoms with E-state index in [-0.39, 0.29) is 5.90 Å². The minimum Gasteiger partial charge on any atom is -0.492 e. The van der Waals surface area contributed by atoms with E-state index < -0.39 is 7.25 Å². The van der Waals surface area contributed by atoms with E-state index in [4.69, 9.17) is 14.9 Å². The molecule has 8 heteroatoms. The van der Waals surface area contributed by atoms with Crippen molar-refractivity contribution in [1.82, 2.24) is 0 Å². The lowest BCUT2D eigenvalue weighted by atomic mass is 10.2. The maximum atomic E-state index is 9.75.